The highest BCUT2D eigenvalue weighted by atomic mass is 35.5. The topological polar surface area (TPSA) is 126 Å². The van der Waals surface area contributed by atoms with Gasteiger partial charge in [0, 0.05) is 18.3 Å². The average molecular weight is 381 g/mol. The summed E-state index contributed by atoms with van der Waals surface area (Å²) in [4.78, 5) is 23.8. The maximum Gasteiger partial charge on any atom is 0.326 e. The smallest absolute Gasteiger partial charge is 0.326 e. The van der Waals surface area contributed by atoms with Crippen LogP contribution in [0, 0.1) is 5.82 Å². The Kier molecular flexibility index (Phi) is 5.48. The summed E-state index contributed by atoms with van der Waals surface area (Å²) in [5.74, 6) is -1.20. The summed E-state index contributed by atoms with van der Waals surface area (Å²) in [6.45, 7) is 0.838. The predicted molar refractivity (Wildman–Crippen MR) is 94.9 cm³/mol. The van der Waals surface area contributed by atoms with Gasteiger partial charge in [-0.25, -0.2) is 24.1 Å². The van der Waals surface area contributed by atoms with E-state index in [0.29, 0.717) is 36.2 Å². The zero-order chi connectivity index (χ0) is 18.7. The van der Waals surface area contributed by atoms with E-state index in [4.69, 9.17) is 17.3 Å². The number of pyridine rings is 1. The van der Waals surface area contributed by atoms with E-state index in [2.05, 4.69) is 25.6 Å². The Balaban J connectivity index is 1.87. The number of hydrogen-bond acceptors (Lipinski definition) is 7. The van der Waals surface area contributed by atoms with E-state index in [1.54, 1.807) is 6.07 Å². The molecule has 0 spiro atoms. The first-order valence-electron chi connectivity index (χ1n) is 8.10. The monoisotopic (exact) mass is 380 g/mol. The Morgan fingerprint density at radius 3 is 3.04 bits per heavy atom. The molecule has 26 heavy (non-hydrogen) atoms. The van der Waals surface area contributed by atoms with Crippen LogP contribution in [0.5, 0.6) is 0 Å². The molecule has 0 saturated heterocycles. The van der Waals surface area contributed by atoms with Crippen molar-refractivity contribution in [2.75, 3.05) is 23.7 Å². The van der Waals surface area contributed by atoms with E-state index in [1.807, 2.05) is 0 Å². The third-order valence-corrected chi connectivity index (χ3v) is 4.32. The van der Waals surface area contributed by atoms with Crippen LogP contribution < -0.4 is 16.4 Å². The first-order chi connectivity index (χ1) is 12.5. The first kappa shape index (κ1) is 18.3. The second-order valence-corrected chi connectivity index (χ2v) is 6.35. The van der Waals surface area contributed by atoms with Gasteiger partial charge in [0.05, 0.1) is 17.1 Å². The lowest BCUT2D eigenvalue weighted by atomic mass is 10.0. The molecule has 2 aromatic rings. The number of aliphatic carboxylic acids is 1. The fraction of sp³-hybridized carbons (Fsp3) is 0.375. The largest absolute Gasteiger partial charge is 0.480 e. The number of carboxylic acids is 1. The number of carbonyl (C=O) groups is 1. The number of nitrogens with two attached hydrogens (primary N) is 1. The van der Waals surface area contributed by atoms with Gasteiger partial charge < -0.3 is 21.5 Å². The van der Waals surface area contributed by atoms with Crippen molar-refractivity contribution in [3.63, 3.8) is 0 Å². The minimum Gasteiger partial charge on any atom is -0.480 e. The van der Waals surface area contributed by atoms with E-state index in [0.717, 1.165) is 11.8 Å². The van der Waals surface area contributed by atoms with Crippen molar-refractivity contribution in [2.24, 2.45) is 5.73 Å². The van der Waals surface area contributed by atoms with E-state index < -0.39 is 17.8 Å². The molecule has 3 heterocycles. The molecule has 10 heteroatoms. The van der Waals surface area contributed by atoms with E-state index in [9.17, 15) is 14.3 Å². The highest BCUT2D eigenvalue weighted by Crippen LogP contribution is 2.35. The molecule has 8 nitrogen and oxygen atoms in total. The average Bonchev–Trinajstić information content (AvgIpc) is 3.02. The molecule has 3 rings (SSSR count). The van der Waals surface area contributed by atoms with Crippen LogP contribution >= 0.6 is 11.6 Å². The number of nitrogens with zero attached hydrogens (tertiary/aromatic N) is 3. The Bertz CT molecular complexity index is 821. The van der Waals surface area contributed by atoms with Gasteiger partial charge in [0.15, 0.2) is 11.6 Å². The zero-order valence-corrected chi connectivity index (χ0v) is 14.5. The van der Waals surface area contributed by atoms with Gasteiger partial charge in [-0.3, -0.25) is 0 Å². The molecule has 1 aliphatic heterocycles. The third kappa shape index (κ3) is 3.83. The van der Waals surface area contributed by atoms with Crippen LogP contribution in [-0.2, 0) is 4.79 Å². The van der Waals surface area contributed by atoms with Crippen molar-refractivity contribution in [2.45, 2.75) is 24.8 Å². The molecule has 1 unspecified atom stereocenters. The molecule has 0 fully saturated rings. The Morgan fingerprint density at radius 2 is 2.31 bits per heavy atom. The van der Waals surface area contributed by atoms with Gasteiger partial charge in [0.25, 0.3) is 0 Å². The minimum absolute atomic E-state index is 0.150. The number of aromatic nitrogens is 3. The normalized spacial score (nSPS) is 16.7. The van der Waals surface area contributed by atoms with Crippen molar-refractivity contribution in [3.05, 3.63) is 40.7 Å². The van der Waals surface area contributed by atoms with E-state index in [1.165, 1.54) is 6.20 Å². The van der Waals surface area contributed by atoms with Crippen molar-refractivity contribution in [1.29, 1.82) is 0 Å². The minimum atomic E-state index is -1.10. The van der Waals surface area contributed by atoms with Crippen molar-refractivity contribution < 1.29 is 14.3 Å². The van der Waals surface area contributed by atoms with Crippen molar-refractivity contribution in [1.82, 2.24) is 15.0 Å². The van der Waals surface area contributed by atoms with Gasteiger partial charge in [0.2, 0.25) is 0 Å². The molecule has 138 valence electrons. The fourth-order valence-electron chi connectivity index (χ4n) is 2.80. The number of anilines is 2. The molecule has 0 amide bonds. The molecular formula is C16H18ClFN6O2. The van der Waals surface area contributed by atoms with Crippen molar-refractivity contribution in [3.8, 4) is 0 Å². The van der Waals surface area contributed by atoms with Crippen LogP contribution in [0.3, 0.4) is 0 Å². The summed E-state index contributed by atoms with van der Waals surface area (Å²) < 4.78 is 14.1. The van der Waals surface area contributed by atoms with Crippen LogP contribution in [0.4, 0.5) is 16.0 Å². The number of nitrogens with one attached hydrogen (secondary N) is 2. The van der Waals surface area contributed by atoms with Crippen molar-refractivity contribution >= 4 is 29.2 Å². The van der Waals surface area contributed by atoms with Crippen LogP contribution in [0.2, 0.25) is 5.02 Å². The second kappa shape index (κ2) is 7.79. The highest BCUT2D eigenvalue weighted by Gasteiger charge is 2.29. The number of carboxylic acid groups (broad SMARTS) is 1. The quantitative estimate of drug-likeness (QED) is 0.573. The molecule has 0 aromatic carbocycles. The summed E-state index contributed by atoms with van der Waals surface area (Å²) in [7, 11) is 0. The molecule has 0 aliphatic carbocycles. The summed E-state index contributed by atoms with van der Waals surface area (Å²) in [5.41, 5.74) is 6.23. The fourth-order valence-corrected chi connectivity index (χ4v) is 2.97. The van der Waals surface area contributed by atoms with Crippen LogP contribution in [0.25, 0.3) is 0 Å². The van der Waals surface area contributed by atoms with Gasteiger partial charge in [-0.15, -0.1) is 0 Å². The van der Waals surface area contributed by atoms with E-state index >= 15 is 0 Å². The zero-order valence-electron chi connectivity index (χ0n) is 13.7. The standard InChI is InChI=1S/C16H18ClFN6O2/c17-8-4-9-10(6-21-13(9)20-5-8)14-22-7-11(18)15(24-14)23-12(16(25)26)2-1-3-19/h4-5,7,10,12H,1-3,6,19H2,(H,20,21)(H,25,26)(H,22,23,24)/t10?,12-/m0/s1. The Morgan fingerprint density at radius 1 is 1.50 bits per heavy atom. The Hall–Kier alpha value is -2.52. The SMILES string of the molecule is NCCC[C@H](Nc1nc(C2CNc3ncc(Cl)cc32)ncc1F)C(=O)O. The van der Waals surface area contributed by atoms with Crippen LogP contribution in [-0.4, -0.2) is 45.2 Å². The third-order valence-electron chi connectivity index (χ3n) is 4.11. The van der Waals surface area contributed by atoms with Gasteiger partial charge in [0.1, 0.15) is 17.7 Å². The molecule has 2 aromatic heterocycles. The Labute approximate surface area is 154 Å². The van der Waals surface area contributed by atoms with Gasteiger partial charge in [-0.05, 0) is 25.5 Å². The van der Waals surface area contributed by atoms with Gasteiger partial charge in [-0.1, -0.05) is 11.6 Å². The lowest BCUT2D eigenvalue weighted by Crippen LogP contribution is -2.31. The molecule has 0 bridgehead atoms. The number of hydrogen-bond donors (Lipinski definition) is 4. The summed E-state index contributed by atoms with van der Waals surface area (Å²) >= 11 is 6.01. The molecule has 5 N–H and O–H groups in total. The van der Waals surface area contributed by atoms with Gasteiger partial charge >= 0.3 is 5.97 Å². The maximum absolute atomic E-state index is 14.1. The van der Waals surface area contributed by atoms with E-state index in [-0.39, 0.29) is 18.2 Å². The molecule has 0 saturated carbocycles. The lowest BCUT2D eigenvalue weighted by molar-refractivity contribution is -0.138. The molecule has 2 atom stereocenters. The predicted octanol–water partition coefficient (Wildman–Crippen LogP) is 1.83. The van der Waals surface area contributed by atoms with Gasteiger partial charge in [-0.2, -0.15) is 0 Å². The lowest BCUT2D eigenvalue weighted by Gasteiger charge is -2.16. The molecule has 0 radical (unpaired) electrons. The van der Waals surface area contributed by atoms with Crippen LogP contribution in [0.1, 0.15) is 30.1 Å². The summed E-state index contributed by atoms with van der Waals surface area (Å²) in [6.07, 6.45) is 3.32. The molecule has 1 aliphatic rings. The van der Waals surface area contributed by atoms with Crippen LogP contribution in [0.15, 0.2) is 18.5 Å². The second-order valence-electron chi connectivity index (χ2n) is 5.92. The first-order valence-corrected chi connectivity index (χ1v) is 8.48. The highest BCUT2D eigenvalue weighted by molar-refractivity contribution is 6.30. The number of halogens is 2. The summed E-state index contributed by atoms with van der Waals surface area (Å²) in [5, 5.41) is 15.5. The summed E-state index contributed by atoms with van der Waals surface area (Å²) in [6, 6.07) is 0.774. The maximum atomic E-state index is 14.1. The molecular weight excluding hydrogens is 363 g/mol. The number of fused-ring (bicyclic) bond motifs is 1. The number of rotatable bonds is 7.